The minimum absolute atomic E-state index is 0.179. The molecule has 2 nitrogen and oxygen atoms in total. The molecule has 112 valence electrons. The molecule has 2 N–H and O–H groups in total. The zero-order valence-corrected chi connectivity index (χ0v) is 13.3. The zero-order chi connectivity index (χ0) is 16.0. The first-order valence-corrected chi connectivity index (χ1v) is 7.02. The van der Waals surface area contributed by atoms with Crippen molar-refractivity contribution in [1.29, 1.82) is 5.41 Å². The quantitative estimate of drug-likeness (QED) is 0.545. The van der Waals surface area contributed by atoms with E-state index < -0.39 is 5.82 Å². The second-order valence-corrected chi connectivity index (χ2v) is 5.05. The Hall–Kier alpha value is -1.87. The monoisotopic (exact) mass is 306 g/mol. The summed E-state index contributed by atoms with van der Waals surface area (Å²) in [5.41, 5.74) is 2.89. The van der Waals surface area contributed by atoms with E-state index in [1.807, 2.05) is 13.8 Å². The van der Waals surface area contributed by atoms with Gasteiger partial charge in [0, 0.05) is 23.0 Å². The Morgan fingerprint density at radius 1 is 1.43 bits per heavy atom. The van der Waals surface area contributed by atoms with E-state index in [0.29, 0.717) is 17.3 Å². The number of halogens is 2. The molecule has 0 fully saturated rings. The van der Waals surface area contributed by atoms with Crippen LogP contribution in [0.1, 0.15) is 26.3 Å². The van der Waals surface area contributed by atoms with E-state index in [9.17, 15) is 4.39 Å². The SMILES string of the molecule is C=C/C(C)=C(CNc1cccc(F)c1C(C)=N)\C(Cl)=C/C. The highest BCUT2D eigenvalue weighted by Crippen LogP contribution is 2.23. The maximum atomic E-state index is 13.8. The summed E-state index contributed by atoms with van der Waals surface area (Å²) in [4.78, 5) is 0. The maximum Gasteiger partial charge on any atom is 0.134 e. The van der Waals surface area contributed by atoms with Crippen LogP contribution >= 0.6 is 11.6 Å². The second kappa shape index (κ2) is 7.79. The van der Waals surface area contributed by atoms with Gasteiger partial charge in [-0.05, 0) is 44.1 Å². The van der Waals surface area contributed by atoms with Crippen molar-refractivity contribution >= 4 is 23.0 Å². The van der Waals surface area contributed by atoms with Crippen molar-refractivity contribution in [2.45, 2.75) is 20.8 Å². The summed E-state index contributed by atoms with van der Waals surface area (Å²) in [5, 5.41) is 11.5. The first kappa shape index (κ1) is 17.2. The van der Waals surface area contributed by atoms with Crippen molar-refractivity contribution < 1.29 is 4.39 Å². The molecule has 4 heteroatoms. The topological polar surface area (TPSA) is 35.9 Å². The molecule has 0 saturated carbocycles. The third-order valence-electron chi connectivity index (χ3n) is 3.17. The number of allylic oxidation sites excluding steroid dienone is 3. The van der Waals surface area contributed by atoms with Crippen molar-refractivity contribution in [3.8, 4) is 0 Å². The molecule has 0 aromatic heterocycles. The number of nitrogens with one attached hydrogen (secondary N) is 2. The highest BCUT2D eigenvalue weighted by Gasteiger charge is 2.11. The molecule has 0 heterocycles. The predicted molar refractivity (Wildman–Crippen MR) is 89.9 cm³/mol. The lowest BCUT2D eigenvalue weighted by Gasteiger charge is -2.15. The van der Waals surface area contributed by atoms with Gasteiger partial charge in [-0.3, -0.25) is 0 Å². The van der Waals surface area contributed by atoms with Crippen LogP contribution in [0.5, 0.6) is 0 Å². The normalized spacial score (nSPS) is 12.7. The van der Waals surface area contributed by atoms with Crippen LogP contribution in [0.3, 0.4) is 0 Å². The highest BCUT2D eigenvalue weighted by atomic mass is 35.5. The molecular weight excluding hydrogens is 287 g/mol. The van der Waals surface area contributed by atoms with Crippen molar-refractivity contribution in [2.24, 2.45) is 0 Å². The molecule has 1 rings (SSSR count). The molecule has 0 radical (unpaired) electrons. The number of hydrogen-bond acceptors (Lipinski definition) is 2. The number of hydrogen-bond donors (Lipinski definition) is 2. The minimum Gasteiger partial charge on any atom is -0.380 e. The standard InChI is InChI=1S/C17H20ClFN2/c1-5-11(3)13(14(18)6-2)10-21-16-9-7-8-15(19)17(16)12(4)20/h5-9,20-21H,1,10H2,2-4H3/b13-11-,14-6+,20-12?. The minimum atomic E-state index is -0.407. The summed E-state index contributed by atoms with van der Waals surface area (Å²) in [7, 11) is 0. The van der Waals surface area contributed by atoms with Gasteiger partial charge in [-0.1, -0.05) is 36.4 Å². The summed E-state index contributed by atoms with van der Waals surface area (Å²) in [6.07, 6.45) is 3.54. The fourth-order valence-electron chi connectivity index (χ4n) is 1.95. The maximum absolute atomic E-state index is 13.8. The van der Waals surface area contributed by atoms with Gasteiger partial charge in [-0.2, -0.15) is 0 Å². The van der Waals surface area contributed by atoms with E-state index in [0.717, 1.165) is 11.1 Å². The Labute approximate surface area is 130 Å². The lowest BCUT2D eigenvalue weighted by atomic mass is 10.1. The summed E-state index contributed by atoms with van der Waals surface area (Å²) in [5.74, 6) is -0.407. The Morgan fingerprint density at radius 2 is 2.10 bits per heavy atom. The van der Waals surface area contributed by atoms with Crippen molar-refractivity contribution in [2.75, 3.05) is 11.9 Å². The van der Waals surface area contributed by atoms with Gasteiger partial charge in [-0.25, -0.2) is 4.39 Å². The molecule has 0 aliphatic carbocycles. The fourth-order valence-corrected chi connectivity index (χ4v) is 2.16. The average molecular weight is 307 g/mol. The van der Waals surface area contributed by atoms with Crippen LogP contribution in [0, 0.1) is 11.2 Å². The molecule has 0 bridgehead atoms. The molecule has 21 heavy (non-hydrogen) atoms. The molecular formula is C17H20ClFN2. The van der Waals surface area contributed by atoms with Gasteiger partial charge in [0.25, 0.3) is 0 Å². The molecule has 0 aliphatic rings. The molecule has 0 atom stereocenters. The summed E-state index contributed by atoms with van der Waals surface area (Å²) in [6.45, 7) is 9.52. The van der Waals surface area contributed by atoms with E-state index in [1.165, 1.54) is 6.07 Å². The fraction of sp³-hybridized carbons (Fsp3) is 0.235. The smallest absolute Gasteiger partial charge is 0.134 e. The molecule has 1 aromatic carbocycles. The first-order chi connectivity index (χ1) is 9.92. The largest absolute Gasteiger partial charge is 0.380 e. The van der Waals surface area contributed by atoms with Gasteiger partial charge in [0.1, 0.15) is 5.82 Å². The summed E-state index contributed by atoms with van der Waals surface area (Å²) < 4.78 is 13.8. The van der Waals surface area contributed by atoms with Gasteiger partial charge >= 0.3 is 0 Å². The van der Waals surface area contributed by atoms with Crippen LogP contribution in [0.25, 0.3) is 0 Å². The van der Waals surface area contributed by atoms with Crippen molar-refractivity contribution in [3.05, 3.63) is 64.5 Å². The molecule has 0 aliphatic heterocycles. The van der Waals surface area contributed by atoms with Crippen LogP contribution in [-0.2, 0) is 0 Å². The summed E-state index contributed by atoms with van der Waals surface area (Å²) >= 11 is 6.20. The zero-order valence-electron chi connectivity index (χ0n) is 12.6. The van der Waals surface area contributed by atoms with Gasteiger partial charge in [0.2, 0.25) is 0 Å². The highest BCUT2D eigenvalue weighted by molar-refractivity contribution is 6.32. The van der Waals surface area contributed by atoms with E-state index in [-0.39, 0.29) is 11.3 Å². The molecule has 0 amide bonds. The Bertz CT molecular complexity index is 615. The van der Waals surface area contributed by atoms with E-state index in [4.69, 9.17) is 17.0 Å². The van der Waals surface area contributed by atoms with E-state index in [2.05, 4.69) is 11.9 Å². The predicted octanol–water partition coefficient (Wildman–Crippen LogP) is 5.27. The molecule has 0 spiro atoms. The Balaban J connectivity index is 3.11. The number of anilines is 1. The van der Waals surface area contributed by atoms with E-state index in [1.54, 1.807) is 31.2 Å². The second-order valence-electron chi connectivity index (χ2n) is 4.64. The van der Waals surface area contributed by atoms with Gasteiger partial charge < -0.3 is 10.7 Å². The van der Waals surface area contributed by atoms with Crippen LogP contribution in [-0.4, -0.2) is 12.3 Å². The van der Waals surface area contributed by atoms with Gasteiger partial charge in [0.15, 0.2) is 0 Å². The molecule has 0 unspecified atom stereocenters. The van der Waals surface area contributed by atoms with Crippen LogP contribution in [0.15, 0.2) is 53.1 Å². The number of benzene rings is 1. The van der Waals surface area contributed by atoms with Crippen LogP contribution in [0.4, 0.5) is 10.1 Å². The van der Waals surface area contributed by atoms with Crippen molar-refractivity contribution in [3.63, 3.8) is 0 Å². The summed E-state index contributed by atoms with van der Waals surface area (Å²) in [6, 6.07) is 4.72. The molecule has 1 aromatic rings. The van der Waals surface area contributed by atoms with Crippen molar-refractivity contribution in [1.82, 2.24) is 0 Å². The lowest BCUT2D eigenvalue weighted by Crippen LogP contribution is -2.11. The van der Waals surface area contributed by atoms with Crippen LogP contribution < -0.4 is 5.32 Å². The average Bonchev–Trinajstić information content (AvgIpc) is 2.46. The Kier molecular flexibility index (Phi) is 6.38. The van der Waals surface area contributed by atoms with E-state index >= 15 is 0 Å². The first-order valence-electron chi connectivity index (χ1n) is 6.64. The Morgan fingerprint density at radius 3 is 2.62 bits per heavy atom. The molecule has 0 saturated heterocycles. The van der Waals surface area contributed by atoms with Gasteiger partial charge in [-0.15, -0.1) is 0 Å². The van der Waals surface area contributed by atoms with Crippen LogP contribution in [0.2, 0.25) is 0 Å². The lowest BCUT2D eigenvalue weighted by molar-refractivity contribution is 0.625. The third kappa shape index (κ3) is 4.30. The van der Waals surface area contributed by atoms with Gasteiger partial charge in [0.05, 0.1) is 5.56 Å². The third-order valence-corrected chi connectivity index (χ3v) is 3.61. The number of rotatable bonds is 6.